The van der Waals surface area contributed by atoms with Crippen LogP contribution in [-0.4, -0.2) is 94.9 Å². The van der Waals surface area contributed by atoms with Crippen LogP contribution in [0.15, 0.2) is 47.6 Å². The van der Waals surface area contributed by atoms with Gasteiger partial charge >= 0.3 is 12.2 Å². The summed E-state index contributed by atoms with van der Waals surface area (Å²) < 4.78 is 29.0. The van der Waals surface area contributed by atoms with Crippen LogP contribution in [0.5, 0.6) is 11.5 Å². The van der Waals surface area contributed by atoms with Crippen molar-refractivity contribution in [1.82, 2.24) is 10.2 Å². The quantitative estimate of drug-likeness (QED) is 0.219. The zero-order chi connectivity index (χ0) is 36.1. The van der Waals surface area contributed by atoms with Crippen molar-refractivity contribution < 1.29 is 43.2 Å². The lowest BCUT2D eigenvalue weighted by molar-refractivity contribution is -0.112. The van der Waals surface area contributed by atoms with Crippen LogP contribution >= 0.6 is 0 Å². The lowest BCUT2D eigenvalue weighted by Gasteiger charge is -2.33. The first-order valence-corrected chi connectivity index (χ1v) is 16.0. The molecule has 13 nitrogen and oxygen atoms in total. The van der Waals surface area contributed by atoms with Gasteiger partial charge in [-0.2, -0.15) is 0 Å². The molecule has 2 rings (SSSR count). The first kappa shape index (κ1) is 40.3. The van der Waals surface area contributed by atoms with E-state index < -0.39 is 42.5 Å². The van der Waals surface area contributed by atoms with Gasteiger partial charge in [-0.15, -0.1) is 0 Å². The van der Waals surface area contributed by atoms with Crippen molar-refractivity contribution in [1.29, 1.82) is 0 Å². The highest BCUT2D eigenvalue weighted by molar-refractivity contribution is 6.04. The minimum Gasteiger partial charge on any atom is -0.505 e. The lowest BCUT2D eigenvalue weighted by Crippen LogP contribution is -2.37. The molecule has 3 amide bonds. The van der Waals surface area contributed by atoms with Gasteiger partial charge in [-0.1, -0.05) is 45.1 Å². The summed E-state index contributed by atoms with van der Waals surface area (Å²) in [5.74, 6) is -1.37. The van der Waals surface area contributed by atoms with E-state index in [9.17, 15) is 19.5 Å². The highest BCUT2D eigenvalue weighted by atomic mass is 16.6. The number of carbonyl (C=O) groups is 3. The summed E-state index contributed by atoms with van der Waals surface area (Å²) >= 11 is 0. The topological polar surface area (TPSA) is 171 Å². The Hall–Kier alpha value is -3.91. The smallest absolute Gasteiger partial charge is 0.415 e. The zero-order valence-electron chi connectivity index (χ0n) is 29.9. The maximum absolute atomic E-state index is 13.3. The molecule has 0 fully saturated rings. The van der Waals surface area contributed by atoms with Gasteiger partial charge in [0.15, 0.2) is 0 Å². The molecular weight excluding hydrogens is 620 g/mol. The number of anilines is 1. The van der Waals surface area contributed by atoms with Gasteiger partial charge in [0.1, 0.15) is 17.6 Å². The number of allylic oxidation sites excluding steroid dienone is 2. The van der Waals surface area contributed by atoms with Crippen LogP contribution in [0.1, 0.15) is 52.7 Å². The fourth-order valence-electron chi connectivity index (χ4n) is 5.89. The number of phenols is 1. The molecule has 7 atom stereocenters. The highest BCUT2D eigenvalue weighted by Crippen LogP contribution is 2.42. The van der Waals surface area contributed by atoms with Gasteiger partial charge < -0.3 is 50.1 Å². The minimum absolute atomic E-state index is 0.0388. The number of benzene rings is 1. The number of nitrogens with one attached hydrogen (secondary N) is 2. The van der Waals surface area contributed by atoms with E-state index in [0.717, 1.165) is 5.57 Å². The molecule has 1 aliphatic rings. The Morgan fingerprint density at radius 3 is 2.33 bits per heavy atom. The number of nitrogens with two attached hydrogens (primary N) is 1. The largest absolute Gasteiger partial charge is 0.505 e. The van der Waals surface area contributed by atoms with Crippen LogP contribution in [0.2, 0.25) is 0 Å². The van der Waals surface area contributed by atoms with Crippen LogP contribution < -0.4 is 21.1 Å². The Balaban J connectivity index is 2.73. The van der Waals surface area contributed by atoms with Crippen molar-refractivity contribution in [3.63, 3.8) is 0 Å². The first-order chi connectivity index (χ1) is 22.7. The number of primary amides is 1. The van der Waals surface area contributed by atoms with Gasteiger partial charge in [0.05, 0.1) is 24.0 Å². The Kier molecular flexibility index (Phi) is 16.1. The van der Waals surface area contributed by atoms with Crippen molar-refractivity contribution in [2.75, 3.05) is 53.8 Å². The maximum Gasteiger partial charge on any atom is 0.415 e. The SMILES string of the molecule is CNCCN(C)C(=O)Oc1cc2c(O)c(c1)[C@H](OC)[C@@H](C)CC(OC)[C@H](OC)[C@@H](C)/C=C(\C)[C@H](OC(N)=O)[C@@H](C)/C=C\C=C(/C)C(=O)N2. The summed E-state index contributed by atoms with van der Waals surface area (Å²) in [7, 11) is 8.11. The fraction of sp³-hybridized carbons (Fsp3) is 0.571. The summed E-state index contributed by atoms with van der Waals surface area (Å²) in [6.07, 6.45) is 3.77. The summed E-state index contributed by atoms with van der Waals surface area (Å²) in [5, 5.41) is 17.2. The number of ether oxygens (including phenoxy) is 5. The number of amides is 3. The van der Waals surface area contributed by atoms with E-state index in [-0.39, 0.29) is 34.9 Å². The summed E-state index contributed by atoms with van der Waals surface area (Å²) in [6.45, 7) is 10.2. The molecule has 0 radical (unpaired) electrons. The van der Waals surface area contributed by atoms with Crippen LogP contribution in [0.4, 0.5) is 15.3 Å². The molecule has 1 aromatic carbocycles. The molecule has 1 unspecified atom stereocenters. The number of hydrogen-bond donors (Lipinski definition) is 4. The second kappa shape index (κ2) is 19.2. The Bertz CT molecular complexity index is 1350. The fourth-order valence-corrected chi connectivity index (χ4v) is 5.89. The van der Waals surface area contributed by atoms with E-state index in [2.05, 4.69) is 10.6 Å². The monoisotopic (exact) mass is 674 g/mol. The van der Waals surface area contributed by atoms with Crippen LogP contribution in [0.25, 0.3) is 0 Å². The molecule has 0 saturated heterocycles. The third-order valence-corrected chi connectivity index (χ3v) is 8.53. The lowest BCUT2D eigenvalue weighted by atomic mass is 9.86. The Labute approximate surface area is 284 Å². The van der Waals surface area contributed by atoms with Gasteiger partial charge in [0.25, 0.3) is 5.91 Å². The molecule has 0 aliphatic carbocycles. The average Bonchev–Trinajstić information content (AvgIpc) is 3.03. The number of nitrogens with zero attached hydrogens (tertiary/aromatic N) is 1. The number of fused-ring (bicyclic) bond motifs is 2. The van der Waals surface area contributed by atoms with Crippen molar-refractivity contribution in [3.05, 3.63) is 53.1 Å². The van der Waals surface area contributed by atoms with E-state index in [4.69, 9.17) is 29.4 Å². The molecule has 5 N–H and O–H groups in total. The van der Waals surface area contributed by atoms with E-state index in [1.807, 2.05) is 33.8 Å². The number of hydrogen-bond acceptors (Lipinski definition) is 10. The van der Waals surface area contributed by atoms with Gasteiger partial charge in [0, 0.05) is 70.5 Å². The molecule has 13 heteroatoms. The van der Waals surface area contributed by atoms with Crippen molar-refractivity contribution in [2.24, 2.45) is 23.5 Å². The van der Waals surface area contributed by atoms with Gasteiger partial charge in [-0.3, -0.25) is 4.79 Å². The normalized spacial score (nSPS) is 28.6. The van der Waals surface area contributed by atoms with Gasteiger partial charge in [0.2, 0.25) is 0 Å². The molecular formula is C35H54N4O9. The number of phenolic OH excluding ortho intramolecular Hbond substituents is 1. The van der Waals surface area contributed by atoms with Crippen molar-refractivity contribution in [2.45, 2.75) is 65.5 Å². The van der Waals surface area contributed by atoms with E-state index >= 15 is 0 Å². The molecule has 1 heterocycles. The standard InChI is InChI=1S/C35H54N4O9/c1-20-12-11-13-21(2)33(41)38-27-19-25(47-35(43)39(7)15-14-37-6)18-26(29(27)40)31(45-9)24(5)17-28(44-8)32(46-10)23(4)16-22(3)30(20)48-34(36)42/h11-13,16,18-20,23-24,28,30-32,37,40H,14-15,17H2,1-10H3,(H2,36,42)(H,38,41)/b12-11-,21-13+,22-16+/t20-,23-,24-,28?,30+,31+,32+/m0/s1. The number of carbonyl (C=O) groups excluding carboxylic acids is 3. The van der Waals surface area contributed by atoms with Crippen molar-refractivity contribution in [3.8, 4) is 11.5 Å². The minimum atomic E-state index is -0.904. The van der Waals surface area contributed by atoms with Crippen LogP contribution in [0.3, 0.4) is 0 Å². The number of likely N-dealkylation sites (N-methyl/N-ethyl adjacent to an activating group) is 2. The summed E-state index contributed by atoms with van der Waals surface area (Å²) in [4.78, 5) is 39.5. The van der Waals surface area contributed by atoms with E-state index in [1.54, 1.807) is 53.5 Å². The van der Waals surface area contributed by atoms with Gasteiger partial charge in [-0.25, -0.2) is 9.59 Å². The highest BCUT2D eigenvalue weighted by Gasteiger charge is 2.33. The van der Waals surface area contributed by atoms with Crippen LogP contribution in [-0.2, 0) is 23.7 Å². The Morgan fingerprint density at radius 2 is 1.75 bits per heavy atom. The molecule has 0 aromatic heterocycles. The van der Waals surface area contributed by atoms with E-state index in [1.165, 1.54) is 24.1 Å². The number of aromatic hydroxyl groups is 1. The second-order valence-corrected chi connectivity index (χ2v) is 12.3. The summed E-state index contributed by atoms with van der Waals surface area (Å²) in [5.41, 5.74) is 6.88. The molecule has 1 aliphatic heterocycles. The molecule has 48 heavy (non-hydrogen) atoms. The first-order valence-electron chi connectivity index (χ1n) is 16.0. The molecule has 268 valence electrons. The number of methoxy groups -OCH3 is 3. The molecule has 0 saturated carbocycles. The predicted molar refractivity (Wildman–Crippen MR) is 184 cm³/mol. The summed E-state index contributed by atoms with van der Waals surface area (Å²) in [6, 6.07) is 2.93. The molecule has 0 spiro atoms. The average molecular weight is 675 g/mol. The molecule has 2 bridgehead atoms. The van der Waals surface area contributed by atoms with Crippen LogP contribution in [0, 0.1) is 17.8 Å². The molecule has 1 aromatic rings. The predicted octanol–water partition coefficient (Wildman–Crippen LogP) is 4.92. The number of rotatable bonds is 8. The van der Waals surface area contributed by atoms with E-state index in [0.29, 0.717) is 30.6 Å². The Morgan fingerprint density at radius 1 is 1.06 bits per heavy atom. The van der Waals surface area contributed by atoms with Gasteiger partial charge in [-0.05, 0) is 44.9 Å². The second-order valence-electron chi connectivity index (χ2n) is 12.3. The third-order valence-electron chi connectivity index (χ3n) is 8.53. The maximum atomic E-state index is 13.3. The third kappa shape index (κ3) is 11.1. The zero-order valence-corrected chi connectivity index (χ0v) is 29.9. The van der Waals surface area contributed by atoms with Crippen molar-refractivity contribution >= 4 is 23.8 Å².